The van der Waals surface area contributed by atoms with E-state index < -0.39 is 56.9 Å². The summed E-state index contributed by atoms with van der Waals surface area (Å²) >= 11 is 0. The lowest BCUT2D eigenvalue weighted by Gasteiger charge is -2.30. The van der Waals surface area contributed by atoms with E-state index in [1.165, 1.54) is 31.5 Å². The fourth-order valence-electron chi connectivity index (χ4n) is 3.39. The first-order valence-corrected chi connectivity index (χ1v) is 11.6. The highest BCUT2D eigenvalue weighted by Crippen LogP contribution is 2.51. The van der Waals surface area contributed by atoms with Gasteiger partial charge in [0.05, 0.1) is 4.90 Å². The minimum atomic E-state index is -6.53. The molecule has 0 amide bonds. The van der Waals surface area contributed by atoms with E-state index in [4.69, 9.17) is 0 Å². The van der Waals surface area contributed by atoms with Crippen LogP contribution in [0, 0.1) is 5.82 Å². The average molecular weight is 538 g/mol. The van der Waals surface area contributed by atoms with Crippen LogP contribution in [0.15, 0.2) is 78.0 Å². The standard InChI is InChI=1S/C23H18F8N2O2S/c1-15(17-6-4-10-32-13-17)33(36(34,35)20-9-3-8-19(24)12-20)14-16-5-2-7-18(11-16)21(25,26)22(27,28)23(29,30)31/h2-13,15H,14H2,1H3. The van der Waals surface area contributed by atoms with Crippen molar-refractivity contribution in [2.75, 3.05) is 0 Å². The zero-order chi connectivity index (χ0) is 26.9. The summed E-state index contributed by atoms with van der Waals surface area (Å²) < 4.78 is 135. The molecule has 0 saturated heterocycles. The molecular weight excluding hydrogens is 520 g/mol. The van der Waals surface area contributed by atoms with Gasteiger partial charge in [0.25, 0.3) is 0 Å². The predicted octanol–water partition coefficient (Wildman–Crippen LogP) is 6.46. The molecule has 1 atom stereocenters. The lowest BCUT2D eigenvalue weighted by atomic mass is 9.99. The minimum absolute atomic E-state index is 0.305. The van der Waals surface area contributed by atoms with Gasteiger partial charge in [-0.2, -0.15) is 35.0 Å². The van der Waals surface area contributed by atoms with Crippen LogP contribution in [0.3, 0.4) is 0 Å². The topological polar surface area (TPSA) is 50.3 Å². The molecule has 1 heterocycles. The number of hydrogen-bond donors (Lipinski definition) is 0. The van der Waals surface area contributed by atoms with E-state index >= 15 is 0 Å². The maximum Gasteiger partial charge on any atom is 0.460 e. The molecule has 0 radical (unpaired) electrons. The van der Waals surface area contributed by atoms with Gasteiger partial charge in [0.1, 0.15) is 5.82 Å². The van der Waals surface area contributed by atoms with E-state index in [9.17, 15) is 43.5 Å². The van der Waals surface area contributed by atoms with Crippen LogP contribution in [0.2, 0.25) is 0 Å². The second-order valence-corrected chi connectivity index (χ2v) is 9.71. The Morgan fingerprint density at radius 2 is 1.58 bits per heavy atom. The number of aromatic nitrogens is 1. The first-order chi connectivity index (χ1) is 16.6. The van der Waals surface area contributed by atoms with Gasteiger partial charge in [0.2, 0.25) is 10.0 Å². The van der Waals surface area contributed by atoms with Gasteiger partial charge in [0, 0.05) is 30.5 Å². The number of rotatable bonds is 8. The van der Waals surface area contributed by atoms with Gasteiger partial charge in [-0.3, -0.25) is 4.98 Å². The summed E-state index contributed by atoms with van der Waals surface area (Å²) in [5.74, 6) is -12.9. The molecular formula is C23H18F8N2O2S. The Morgan fingerprint density at radius 1 is 0.917 bits per heavy atom. The Hall–Kier alpha value is -3.06. The van der Waals surface area contributed by atoms with Crippen molar-refractivity contribution in [2.45, 2.75) is 42.4 Å². The third kappa shape index (κ3) is 5.21. The average Bonchev–Trinajstić information content (AvgIpc) is 2.82. The molecule has 1 aromatic heterocycles. The molecule has 0 aliphatic rings. The largest absolute Gasteiger partial charge is 0.460 e. The number of pyridine rings is 1. The third-order valence-electron chi connectivity index (χ3n) is 5.38. The SMILES string of the molecule is CC(c1cccnc1)N(Cc1cccc(C(F)(F)C(F)(F)C(F)(F)F)c1)S(=O)(=O)c1cccc(F)c1. The van der Waals surface area contributed by atoms with Crippen molar-refractivity contribution < 1.29 is 43.5 Å². The Balaban J connectivity index is 2.08. The molecule has 194 valence electrons. The fourth-order valence-corrected chi connectivity index (χ4v) is 5.03. The van der Waals surface area contributed by atoms with Crippen LogP contribution in [-0.4, -0.2) is 29.8 Å². The Bertz CT molecular complexity index is 1310. The van der Waals surface area contributed by atoms with Gasteiger partial charge in [-0.15, -0.1) is 0 Å². The second-order valence-electron chi connectivity index (χ2n) is 7.82. The van der Waals surface area contributed by atoms with Crippen molar-refractivity contribution in [3.8, 4) is 0 Å². The fraction of sp³-hybridized carbons (Fsp3) is 0.261. The van der Waals surface area contributed by atoms with Crippen molar-refractivity contribution >= 4 is 10.0 Å². The molecule has 36 heavy (non-hydrogen) atoms. The lowest BCUT2D eigenvalue weighted by molar-refractivity contribution is -0.359. The first kappa shape index (κ1) is 27.5. The van der Waals surface area contributed by atoms with Crippen molar-refractivity contribution in [1.29, 1.82) is 0 Å². The Morgan fingerprint density at radius 3 is 2.17 bits per heavy atom. The summed E-state index contributed by atoms with van der Waals surface area (Å²) in [5.41, 5.74) is -1.61. The number of benzene rings is 2. The summed E-state index contributed by atoms with van der Waals surface area (Å²) in [7, 11) is -4.52. The minimum Gasteiger partial charge on any atom is -0.264 e. The summed E-state index contributed by atoms with van der Waals surface area (Å²) in [6.45, 7) is 0.709. The van der Waals surface area contributed by atoms with E-state index in [-0.39, 0.29) is 5.56 Å². The zero-order valence-electron chi connectivity index (χ0n) is 18.4. The van der Waals surface area contributed by atoms with Crippen molar-refractivity contribution in [3.05, 3.63) is 95.6 Å². The number of nitrogens with zero attached hydrogens (tertiary/aromatic N) is 2. The number of alkyl halides is 7. The van der Waals surface area contributed by atoms with E-state index in [1.54, 1.807) is 0 Å². The molecule has 0 saturated carbocycles. The van der Waals surface area contributed by atoms with Gasteiger partial charge in [-0.25, -0.2) is 12.8 Å². The van der Waals surface area contributed by atoms with Gasteiger partial charge in [-0.05, 0) is 48.4 Å². The highest BCUT2D eigenvalue weighted by Gasteiger charge is 2.73. The lowest BCUT2D eigenvalue weighted by Crippen LogP contribution is -2.50. The van der Waals surface area contributed by atoms with Gasteiger partial charge in [0.15, 0.2) is 0 Å². The van der Waals surface area contributed by atoms with Crippen LogP contribution in [0.4, 0.5) is 35.1 Å². The van der Waals surface area contributed by atoms with Crippen molar-refractivity contribution in [1.82, 2.24) is 9.29 Å². The second kappa shape index (κ2) is 9.77. The summed E-state index contributed by atoms with van der Waals surface area (Å²) in [6.07, 6.45) is -3.80. The van der Waals surface area contributed by atoms with Crippen molar-refractivity contribution in [3.63, 3.8) is 0 Å². The highest BCUT2D eigenvalue weighted by molar-refractivity contribution is 7.89. The molecule has 3 aromatic rings. The molecule has 13 heteroatoms. The maximum atomic E-state index is 14.3. The molecule has 0 aliphatic heterocycles. The molecule has 2 aromatic carbocycles. The van der Waals surface area contributed by atoms with Crippen LogP contribution in [0.25, 0.3) is 0 Å². The normalized spacial score (nSPS) is 14.2. The molecule has 0 bridgehead atoms. The van der Waals surface area contributed by atoms with E-state index in [0.717, 1.165) is 40.7 Å². The molecule has 0 spiro atoms. The van der Waals surface area contributed by atoms with Gasteiger partial charge in [-0.1, -0.05) is 30.3 Å². The van der Waals surface area contributed by atoms with Crippen LogP contribution in [0.1, 0.15) is 29.7 Å². The Kier molecular flexibility index (Phi) is 7.47. The molecule has 0 N–H and O–H groups in total. The number of halogens is 8. The quantitative estimate of drug-likeness (QED) is 0.309. The summed E-state index contributed by atoms with van der Waals surface area (Å²) in [4.78, 5) is 3.41. The van der Waals surface area contributed by atoms with E-state index in [0.29, 0.717) is 17.7 Å². The van der Waals surface area contributed by atoms with E-state index in [2.05, 4.69) is 4.98 Å². The predicted molar refractivity (Wildman–Crippen MR) is 113 cm³/mol. The smallest absolute Gasteiger partial charge is 0.264 e. The monoisotopic (exact) mass is 538 g/mol. The molecule has 1 unspecified atom stereocenters. The molecule has 0 fully saturated rings. The zero-order valence-corrected chi connectivity index (χ0v) is 19.2. The first-order valence-electron chi connectivity index (χ1n) is 10.2. The van der Waals surface area contributed by atoms with Gasteiger partial charge >= 0.3 is 18.0 Å². The molecule has 4 nitrogen and oxygen atoms in total. The summed E-state index contributed by atoms with van der Waals surface area (Å²) in [5, 5.41) is 0. The third-order valence-corrected chi connectivity index (χ3v) is 7.29. The van der Waals surface area contributed by atoms with Crippen LogP contribution in [-0.2, 0) is 22.5 Å². The van der Waals surface area contributed by atoms with Crippen molar-refractivity contribution in [2.24, 2.45) is 0 Å². The van der Waals surface area contributed by atoms with Gasteiger partial charge < -0.3 is 0 Å². The van der Waals surface area contributed by atoms with Crippen LogP contribution >= 0.6 is 0 Å². The van der Waals surface area contributed by atoms with E-state index in [1.807, 2.05) is 0 Å². The van der Waals surface area contributed by atoms with Crippen LogP contribution < -0.4 is 0 Å². The molecule has 0 aliphatic carbocycles. The maximum absolute atomic E-state index is 14.3. The molecule has 3 rings (SSSR count). The number of hydrogen-bond acceptors (Lipinski definition) is 3. The highest BCUT2D eigenvalue weighted by atomic mass is 32.2. The number of sulfonamides is 1. The Labute approximate surface area is 201 Å². The van der Waals surface area contributed by atoms with Crippen LogP contribution in [0.5, 0.6) is 0 Å². The summed E-state index contributed by atoms with van der Waals surface area (Å²) in [6, 6.07) is 8.62.